The zero-order chi connectivity index (χ0) is 20.3. The maximum Gasteiger partial charge on any atom is 0.265 e. The number of ether oxygens (including phenoxy) is 2. The second kappa shape index (κ2) is 9.07. The number of rotatable bonds is 6. The highest BCUT2D eigenvalue weighted by Crippen LogP contribution is 2.39. The van der Waals surface area contributed by atoms with Gasteiger partial charge in [-0.2, -0.15) is 0 Å². The summed E-state index contributed by atoms with van der Waals surface area (Å²) in [5.41, 5.74) is 1.22. The van der Waals surface area contributed by atoms with Gasteiger partial charge in [0.2, 0.25) is 0 Å². The number of amides is 1. The van der Waals surface area contributed by atoms with E-state index >= 15 is 0 Å². The molecule has 1 aliphatic heterocycles. The number of carbonyl (C=O) groups excluding carboxylic acids is 1. The van der Waals surface area contributed by atoms with Gasteiger partial charge in [0.1, 0.15) is 16.7 Å². The van der Waals surface area contributed by atoms with Crippen LogP contribution in [0.5, 0.6) is 11.5 Å². The Kier molecular flexibility index (Phi) is 6.74. The Balaban J connectivity index is 1.89. The van der Waals surface area contributed by atoms with Crippen molar-refractivity contribution >= 4 is 56.2 Å². The highest BCUT2D eigenvalue weighted by molar-refractivity contribution is 9.10. The van der Waals surface area contributed by atoms with Gasteiger partial charge in [-0.05, 0) is 52.7 Å². The van der Waals surface area contributed by atoms with Crippen molar-refractivity contribution in [3.8, 4) is 11.5 Å². The molecule has 1 saturated heterocycles. The van der Waals surface area contributed by atoms with Gasteiger partial charge in [-0.15, -0.1) is 0 Å². The molecule has 0 radical (unpaired) electrons. The molecule has 0 aliphatic carbocycles. The van der Waals surface area contributed by atoms with Gasteiger partial charge in [0, 0.05) is 12.6 Å². The third-order valence-corrected chi connectivity index (χ3v) is 6.02. The molecule has 28 heavy (non-hydrogen) atoms. The van der Waals surface area contributed by atoms with Crippen LogP contribution in [-0.4, -0.2) is 28.8 Å². The van der Waals surface area contributed by atoms with Crippen molar-refractivity contribution in [2.75, 3.05) is 13.7 Å². The molecule has 1 fully saturated rings. The highest BCUT2D eigenvalue weighted by atomic mass is 79.9. The number of hydrogen-bond donors (Lipinski definition) is 0. The Bertz CT molecular complexity index is 964. The van der Waals surface area contributed by atoms with Crippen molar-refractivity contribution in [2.24, 2.45) is 0 Å². The van der Waals surface area contributed by atoms with Crippen LogP contribution in [0.25, 0.3) is 6.08 Å². The Hall–Kier alpha value is -1.90. The smallest absolute Gasteiger partial charge is 0.265 e. The summed E-state index contributed by atoms with van der Waals surface area (Å²) in [7, 11) is 1.65. The van der Waals surface area contributed by atoms with E-state index < -0.39 is 0 Å². The van der Waals surface area contributed by atoms with Crippen LogP contribution in [0.15, 0.2) is 45.8 Å². The minimum Gasteiger partial charge on any atom is -0.490 e. The molecule has 0 atom stereocenters. The summed E-state index contributed by atoms with van der Waals surface area (Å²) in [5, 5.41) is 0. The Morgan fingerprint density at radius 1 is 1.29 bits per heavy atom. The molecule has 4 nitrogen and oxygen atoms in total. The predicted octanol–water partition coefficient (Wildman–Crippen LogP) is 5.40. The lowest BCUT2D eigenvalue weighted by molar-refractivity contribution is -0.121. The third-order valence-electron chi connectivity index (χ3n) is 3.95. The van der Waals surface area contributed by atoms with Crippen LogP contribution in [0.1, 0.15) is 18.1 Å². The lowest BCUT2D eigenvalue weighted by Gasteiger charge is -2.15. The van der Waals surface area contributed by atoms with E-state index in [9.17, 15) is 9.18 Å². The average Bonchev–Trinajstić information content (AvgIpc) is 2.89. The molecular formula is C20H17BrFNO3S2. The number of hydrogen-bond acceptors (Lipinski definition) is 5. The first-order chi connectivity index (χ1) is 13.4. The van der Waals surface area contributed by atoms with Crippen molar-refractivity contribution in [3.63, 3.8) is 0 Å². The minimum atomic E-state index is -0.324. The Morgan fingerprint density at radius 2 is 2.04 bits per heavy atom. The van der Waals surface area contributed by atoms with E-state index in [1.807, 2.05) is 13.0 Å². The van der Waals surface area contributed by atoms with Crippen LogP contribution < -0.4 is 9.47 Å². The van der Waals surface area contributed by atoms with Gasteiger partial charge in [-0.3, -0.25) is 9.69 Å². The molecule has 0 saturated carbocycles. The van der Waals surface area contributed by atoms with Gasteiger partial charge in [0.05, 0.1) is 16.0 Å². The number of benzene rings is 2. The molecule has 0 bridgehead atoms. The number of thiocarbonyl (C=S) groups is 1. The molecule has 146 valence electrons. The first kappa shape index (κ1) is 20.8. The maximum atomic E-state index is 13.9. The summed E-state index contributed by atoms with van der Waals surface area (Å²) in [6.45, 7) is 2.37. The Morgan fingerprint density at radius 3 is 2.68 bits per heavy atom. The molecule has 0 unspecified atom stereocenters. The largest absolute Gasteiger partial charge is 0.490 e. The van der Waals surface area contributed by atoms with E-state index in [1.165, 1.54) is 22.7 Å². The molecule has 1 amide bonds. The summed E-state index contributed by atoms with van der Waals surface area (Å²) < 4.78 is 26.6. The van der Waals surface area contributed by atoms with Crippen LogP contribution >= 0.6 is 39.9 Å². The van der Waals surface area contributed by atoms with Crippen LogP contribution in [0, 0.1) is 5.82 Å². The molecule has 0 spiro atoms. The third kappa shape index (κ3) is 4.56. The summed E-state index contributed by atoms with van der Waals surface area (Å²) >= 11 is 9.91. The van der Waals surface area contributed by atoms with Gasteiger partial charge in [0.15, 0.2) is 11.5 Å². The first-order valence-electron chi connectivity index (χ1n) is 8.44. The van der Waals surface area contributed by atoms with Gasteiger partial charge < -0.3 is 9.47 Å². The molecule has 1 heterocycles. The summed E-state index contributed by atoms with van der Waals surface area (Å²) in [6, 6.07) is 10.1. The van der Waals surface area contributed by atoms with E-state index in [2.05, 4.69) is 15.9 Å². The van der Waals surface area contributed by atoms with E-state index in [1.54, 1.807) is 37.4 Å². The molecule has 2 aromatic rings. The van der Waals surface area contributed by atoms with Crippen molar-refractivity contribution in [1.82, 2.24) is 4.90 Å². The van der Waals surface area contributed by atoms with Crippen molar-refractivity contribution < 1.29 is 18.7 Å². The molecule has 8 heteroatoms. The zero-order valence-corrected chi connectivity index (χ0v) is 18.4. The standard InChI is InChI=1S/C20H17BrFNO3S2/c1-3-25-16-9-12(10-17-19(24)23(2)20(27)28-17)8-14(21)18(16)26-11-13-6-4-5-7-15(13)22/h4-10H,3,11H2,1-2H3. The van der Waals surface area contributed by atoms with Crippen molar-refractivity contribution in [2.45, 2.75) is 13.5 Å². The normalized spacial score (nSPS) is 15.4. The molecule has 0 aromatic heterocycles. The average molecular weight is 482 g/mol. The summed E-state index contributed by atoms with van der Waals surface area (Å²) in [4.78, 5) is 14.2. The SMILES string of the molecule is CCOc1cc(C=C2SC(=S)N(C)C2=O)cc(Br)c1OCc1ccccc1F. The molecule has 1 aliphatic rings. The van der Waals surface area contributed by atoms with Crippen LogP contribution in [-0.2, 0) is 11.4 Å². The monoisotopic (exact) mass is 481 g/mol. The summed E-state index contributed by atoms with van der Waals surface area (Å²) in [6.07, 6.45) is 1.76. The van der Waals surface area contributed by atoms with E-state index in [0.717, 1.165) is 5.56 Å². The highest BCUT2D eigenvalue weighted by Gasteiger charge is 2.28. The fourth-order valence-corrected chi connectivity index (χ4v) is 4.29. The van der Waals surface area contributed by atoms with Crippen molar-refractivity contribution in [1.29, 1.82) is 0 Å². The second-order valence-corrected chi connectivity index (χ2v) is 8.41. The van der Waals surface area contributed by atoms with E-state index in [4.69, 9.17) is 21.7 Å². The number of carbonyl (C=O) groups is 1. The molecule has 0 N–H and O–H groups in total. The topological polar surface area (TPSA) is 38.8 Å². The van der Waals surface area contributed by atoms with Gasteiger partial charge in [-0.1, -0.05) is 42.2 Å². The Labute approximate surface area is 180 Å². The molecule has 2 aromatic carbocycles. The first-order valence-corrected chi connectivity index (χ1v) is 10.5. The molecular weight excluding hydrogens is 465 g/mol. The predicted molar refractivity (Wildman–Crippen MR) is 117 cm³/mol. The lowest BCUT2D eigenvalue weighted by atomic mass is 10.1. The number of halogens is 2. The number of likely N-dealkylation sites (N-methyl/N-ethyl adjacent to an activating group) is 1. The number of thioether (sulfide) groups is 1. The lowest BCUT2D eigenvalue weighted by Crippen LogP contribution is -2.22. The second-order valence-electron chi connectivity index (χ2n) is 5.88. The van der Waals surface area contributed by atoms with Crippen LogP contribution in [0.3, 0.4) is 0 Å². The van der Waals surface area contributed by atoms with E-state index in [0.29, 0.717) is 37.4 Å². The van der Waals surface area contributed by atoms with Gasteiger partial charge >= 0.3 is 0 Å². The maximum absolute atomic E-state index is 13.9. The van der Waals surface area contributed by atoms with Crippen LogP contribution in [0.4, 0.5) is 4.39 Å². The molecule has 3 rings (SSSR count). The minimum absolute atomic E-state index is 0.0686. The number of nitrogens with zero attached hydrogens (tertiary/aromatic N) is 1. The fourth-order valence-electron chi connectivity index (χ4n) is 2.54. The van der Waals surface area contributed by atoms with E-state index in [-0.39, 0.29) is 18.3 Å². The van der Waals surface area contributed by atoms with Crippen LogP contribution in [0.2, 0.25) is 0 Å². The van der Waals surface area contributed by atoms with Gasteiger partial charge in [0.25, 0.3) is 5.91 Å². The quantitative estimate of drug-likeness (QED) is 0.408. The van der Waals surface area contributed by atoms with Gasteiger partial charge in [-0.25, -0.2) is 4.39 Å². The fraction of sp³-hybridized carbons (Fsp3) is 0.200. The van der Waals surface area contributed by atoms with Crippen molar-refractivity contribution in [3.05, 3.63) is 62.7 Å². The zero-order valence-electron chi connectivity index (χ0n) is 15.2. The summed E-state index contributed by atoms with van der Waals surface area (Å²) in [5.74, 6) is 0.524.